The zero-order valence-electron chi connectivity index (χ0n) is 16.6. The Balaban J connectivity index is 1.82. The maximum Gasteiger partial charge on any atom is 0.329 e. The van der Waals surface area contributed by atoms with Crippen LogP contribution in [0, 0.1) is 11.3 Å². The second-order valence-corrected chi connectivity index (χ2v) is 6.39. The minimum atomic E-state index is -0.479. The van der Waals surface area contributed by atoms with Gasteiger partial charge >= 0.3 is 6.03 Å². The molecule has 7 heteroatoms. The highest BCUT2D eigenvalue weighted by Gasteiger charge is 2.32. The molecule has 0 aromatic heterocycles. The summed E-state index contributed by atoms with van der Waals surface area (Å²) in [4.78, 5) is 25.3. The first-order valence-corrected chi connectivity index (χ1v) is 9.40. The molecule has 1 aliphatic heterocycles. The number of nitriles is 1. The fraction of sp³-hybridized carbons (Fsp3) is 0.174. The number of urea groups is 1. The lowest BCUT2D eigenvalue weighted by molar-refractivity contribution is -0.122. The second kappa shape index (κ2) is 9.43. The van der Waals surface area contributed by atoms with Gasteiger partial charge in [0, 0.05) is 12.1 Å². The van der Waals surface area contributed by atoms with E-state index in [1.54, 1.807) is 36.4 Å². The lowest BCUT2D eigenvalue weighted by Gasteiger charge is -2.13. The van der Waals surface area contributed by atoms with Gasteiger partial charge in [-0.25, -0.2) is 4.79 Å². The van der Waals surface area contributed by atoms with Gasteiger partial charge in [0.1, 0.15) is 12.3 Å². The van der Waals surface area contributed by atoms with Gasteiger partial charge in [0.2, 0.25) is 0 Å². The van der Waals surface area contributed by atoms with Gasteiger partial charge in [0.15, 0.2) is 11.5 Å². The van der Waals surface area contributed by atoms with Crippen LogP contribution in [0.5, 0.6) is 11.5 Å². The molecule has 1 heterocycles. The van der Waals surface area contributed by atoms with Crippen LogP contribution in [0.25, 0.3) is 6.08 Å². The fourth-order valence-electron chi connectivity index (χ4n) is 2.95. The van der Waals surface area contributed by atoms with Gasteiger partial charge in [-0.2, -0.15) is 5.26 Å². The summed E-state index contributed by atoms with van der Waals surface area (Å²) in [7, 11) is 0. The van der Waals surface area contributed by atoms with Crippen molar-refractivity contribution in [2.24, 2.45) is 0 Å². The Labute approximate surface area is 174 Å². The molecule has 0 bridgehead atoms. The van der Waals surface area contributed by atoms with Gasteiger partial charge in [0.25, 0.3) is 5.91 Å². The van der Waals surface area contributed by atoms with Gasteiger partial charge in [0.05, 0.1) is 18.2 Å². The third kappa shape index (κ3) is 4.50. The van der Waals surface area contributed by atoms with Gasteiger partial charge in [-0.05, 0) is 36.8 Å². The normalized spacial score (nSPS) is 14.4. The molecular formula is C23H21N3O4. The summed E-state index contributed by atoms with van der Waals surface area (Å²) >= 11 is 0. The van der Waals surface area contributed by atoms with E-state index in [9.17, 15) is 14.9 Å². The summed E-state index contributed by atoms with van der Waals surface area (Å²) in [6, 6.07) is 14.1. The van der Waals surface area contributed by atoms with Crippen LogP contribution < -0.4 is 14.8 Å². The molecule has 152 valence electrons. The van der Waals surface area contributed by atoms with Crippen molar-refractivity contribution in [1.82, 2.24) is 10.2 Å². The molecule has 0 radical (unpaired) electrons. The first-order chi connectivity index (χ1) is 14.6. The molecule has 1 N–H and O–H groups in total. The highest BCUT2D eigenvalue weighted by Crippen LogP contribution is 2.30. The fourth-order valence-corrected chi connectivity index (χ4v) is 2.95. The Morgan fingerprint density at radius 2 is 1.97 bits per heavy atom. The minimum Gasteiger partial charge on any atom is -0.490 e. The lowest BCUT2D eigenvalue weighted by Crippen LogP contribution is -2.30. The molecule has 0 aliphatic carbocycles. The van der Waals surface area contributed by atoms with Crippen molar-refractivity contribution in [2.45, 2.75) is 13.5 Å². The highest BCUT2D eigenvalue weighted by atomic mass is 16.5. The number of carbonyl (C=O) groups excluding carboxylic acids is 2. The zero-order valence-corrected chi connectivity index (χ0v) is 16.6. The van der Waals surface area contributed by atoms with Crippen molar-refractivity contribution in [3.63, 3.8) is 0 Å². The first-order valence-electron chi connectivity index (χ1n) is 9.40. The van der Waals surface area contributed by atoms with E-state index in [4.69, 9.17) is 9.47 Å². The maximum atomic E-state index is 12.4. The summed E-state index contributed by atoms with van der Waals surface area (Å²) in [5, 5.41) is 11.8. The Morgan fingerprint density at radius 1 is 1.17 bits per heavy atom. The first kappa shape index (κ1) is 20.7. The van der Waals surface area contributed by atoms with Crippen molar-refractivity contribution in [1.29, 1.82) is 5.26 Å². The smallest absolute Gasteiger partial charge is 0.329 e. The van der Waals surface area contributed by atoms with Gasteiger partial charge < -0.3 is 14.8 Å². The topological polar surface area (TPSA) is 91.7 Å². The molecule has 0 saturated carbocycles. The third-order valence-electron chi connectivity index (χ3n) is 4.37. The summed E-state index contributed by atoms with van der Waals surface area (Å²) in [6.07, 6.45) is 3.07. The molecule has 0 spiro atoms. The number of hydrogen-bond donors (Lipinski definition) is 1. The van der Waals surface area contributed by atoms with E-state index < -0.39 is 11.9 Å². The lowest BCUT2D eigenvalue weighted by atomic mass is 10.1. The average molecular weight is 403 g/mol. The maximum absolute atomic E-state index is 12.4. The van der Waals surface area contributed by atoms with Crippen LogP contribution in [0.4, 0.5) is 4.79 Å². The molecule has 30 heavy (non-hydrogen) atoms. The van der Waals surface area contributed by atoms with E-state index in [1.807, 2.05) is 19.1 Å². The molecule has 7 nitrogen and oxygen atoms in total. The molecule has 1 saturated heterocycles. The summed E-state index contributed by atoms with van der Waals surface area (Å²) < 4.78 is 11.6. The van der Waals surface area contributed by atoms with E-state index in [2.05, 4.69) is 18.0 Å². The largest absolute Gasteiger partial charge is 0.490 e. The van der Waals surface area contributed by atoms with E-state index in [0.717, 1.165) is 10.5 Å². The second-order valence-electron chi connectivity index (χ2n) is 6.39. The van der Waals surface area contributed by atoms with E-state index in [1.165, 1.54) is 6.08 Å². The van der Waals surface area contributed by atoms with Gasteiger partial charge in [-0.15, -0.1) is 6.58 Å². The number of rotatable bonds is 8. The Bertz CT molecular complexity index is 1050. The number of imide groups is 1. The van der Waals surface area contributed by atoms with Crippen LogP contribution >= 0.6 is 0 Å². The number of carbonyl (C=O) groups is 2. The molecule has 1 aliphatic rings. The van der Waals surface area contributed by atoms with Crippen molar-refractivity contribution < 1.29 is 19.1 Å². The predicted molar refractivity (Wildman–Crippen MR) is 112 cm³/mol. The number of benzene rings is 2. The van der Waals surface area contributed by atoms with E-state index in [-0.39, 0.29) is 18.8 Å². The summed E-state index contributed by atoms with van der Waals surface area (Å²) in [6.45, 7) is 6.19. The quantitative estimate of drug-likeness (QED) is 0.413. The Morgan fingerprint density at radius 3 is 2.70 bits per heavy atom. The number of ether oxygens (including phenoxy) is 2. The highest BCUT2D eigenvalue weighted by molar-refractivity contribution is 6.14. The number of hydrogen-bond acceptors (Lipinski definition) is 5. The van der Waals surface area contributed by atoms with E-state index in [0.29, 0.717) is 29.2 Å². The minimum absolute atomic E-state index is 0.142. The molecule has 3 amide bonds. The van der Waals surface area contributed by atoms with Crippen LogP contribution in [-0.2, 0) is 11.4 Å². The number of amides is 3. The third-order valence-corrected chi connectivity index (χ3v) is 4.37. The van der Waals surface area contributed by atoms with Crippen LogP contribution in [-0.4, -0.2) is 30.0 Å². The Hall–Kier alpha value is -4.05. The molecule has 0 unspecified atom stereocenters. The van der Waals surface area contributed by atoms with Crippen molar-refractivity contribution in [3.05, 3.63) is 77.5 Å². The van der Waals surface area contributed by atoms with Gasteiger partial charge in [-0.3, -0.25) is 9.69 Å². The Kier molecular flexibility index (Phi) is 6.50. The SMILES string of the molecule is C=CCN1C(=O)N/C(=C/c2ccc(OCc3ccccc3C#N)c(OCC)c2)C1=O. The van der Waals surface area contributed by atoms with Crippen LogP contribution in [0.15, 0.2) is 60.8 Å². The van der Waals surface area contributed by atoms with Crippen molar-refractivity contribution >= 4 is 18.0 Å². The van der Waals surface area contributed by atoms with E-state index >= 15 is 0 Å². The standard InChI is InChI=1S/C23H21N3O4/c1-3-11-26-22(27)19(25-23(26)28)12-16-9-10-20(21(13-16)29-4-2)30-15-18-8-6-5-7-17(18)14-24/h3,5-10,12-13H,1,4,11,15H2,2H3,(H,25,28)/b19-12+. The molecule has 1 fully saturated rings. The van der Waals surface area contributed by atoms with Crippen molar-refractivity contribution in [3.8, 4) is 17.6 Å². The van der Waals surface area contributed by atoms with Crippen LogP contribution in [0.3, 0.4) is 0 Å². The van der Waals surface area contributed by atoms with Crippen molar-refractivity contribution in [2.75, 3.05) is 13.2 Å². The summed E-state index contributed by atoms with van der Waals surface area (Å²) in [5.74, 6) is 0.606. The predicted octanol–water partition coefficient (Wildman–Crippen LogP) is 3.61. The molecule has 0 atom stereocenters. The monoisotopic (exact) mass is 403 g/mol. The number of nitrogens with zero attached hydrogens (tertiary/aromatic N) is 2. The molecule has 3 rings (SSSR count). The molecule has 2 aromatic carbocycles. The zero-order chi connectivity index (χ0) is 21.5. The molecular weight excluding hydrogens is 382 g/mol. The molecule has 2 aromatic rings. The average Bonchev–Trinajstić information content (AvgIpc) is 3.01. The van der Waals surface area contributed by atoms with Crippen LogP contribution in [0.2, 0.25) is 0 Å². The van der Waals surface area contributed by atoms with Gasteiger partial charge in [-0.1, -0.05) is 30.3 Å². The summed E-state index contributed by atoms with van der Waals surface area (Å²) in [5.41, 5.74) is 2.18. The van der Waals surface area contributed by atoms with Crippen LogP contribution in [0.1, 0.15) is 23.6 Å². The number of nitrogens with one attached hydrogen (secondary N) is 1.